The highest BCUT2D eigenvalue weighted by Gasteiger charge is 2.69. The summed E-state index contributed by atoms with van der Waals surface area (Å²) in [5, 5.41) is 0. The number of carbonyl (C=O) groups is 1. The lowest BCUT2D eigenvalue weighted by molar-refractivity contribution is -0.146. The van der Waals surface area contributed by atoms with Crippen molar-refractivity contribution in [2.24, 2.45) is 16.7 Å². The standard InChI is InChI=1S/C14H24F2O2/c1-13(2)11(14(13,3)4)12(17)18-9-7-5-6-8-10(15)16/h10-11H,5-9H2,1-4H3. The van der Waals surface area contributed by atoms with Crippen molar-refractivity contribution in [1.29, 1.82) is 0 Å². The van der Waals surface area contributed by atoms with Gasteiger partial charge in [-0.1, -0.05) is 27.7 Å². The van der Waals surface area contributed by atoms with E-state index >= 15 is 0 Å². The Morgan fingerprint density at radius 2 is 1.67 bits per heavy atom. The number of ether oxygens (including phenoxy) is 1. The van der Waals surface area contributed by atoms with Gasteiger partial charge in [0.05, 0.1) is 12.5 Å². The third kappa shape index (κ3) is 3.21. The normalized spacial score (nSPS) is 21.1. The van der Waals surface area contributed by atoms with Crippen molar-refractivity contribution in [3.05, 3.63) is 0 Å². The van der Waals surface area contributed by atoms with Gasteiger partial charge in [0.15, 0.2) is 0 Å². The largest absolute Gasteiger partial charge is 0.465 e. The van der Waals surface area contributed by atoms with Crippen LogP contribution in [0.3, 0.4) is 0 Å². The molecule has 0 N–H and O–H groups in total. The number of unbranched alkanes of at least 4 members (excludes halogenated alkanes) is 2. The van der Waals surface area contributed by atoms with Crippen molar-refractivity contribution in [3.8, 4) is 0 Å². The molecular formula is C14H24F2O2. The summed E-state index contributed by atoms with van der Waals surface area (Å²) in [4.78, 5) is 11.8. The van der Waals surface area contributed by atoms with Crippen LogP contribution in [0.2, 0.25) is 0 Å². The highest BCUT2D eigenvalue weighted by atomic mass is 19.3. The van der Waals surface area contributed by atoms with E-state index in [4.69, 9.17) is 4.74 Å². The minimum atomic E-state index is -2.22. The Balaban J connectivity index is 2.13. The van der Waals surface area contributed by atoms with Crippen LogP contribution in [0.1, 0.15) is 53.4 Å². The van der Waals surface area contributed by atoms with Gasteiger partial charge in [0.25, 0.3) is 0 Å². The Morgan fingerprint density at radius 1 is 1.11 bits per heavy atom. The molecule has 18 heavy (non-hydrogen) atoms. The molecule has 1 aliphatic carbocycles. The minimum absolute atomic E-state index is 0.000239. The van der Waals surface area contributed by atoms with E-state index in [9.17, 15) is 13.6 Å². The van der Waals surface area contributed by atoms with Gasteiger partial charge in [-0.3, -0.25) is 4.79 Å². The van der Waals surface area contributed by atoms with E-state index in [1.807, 2.05) is 0 Å². The number of carbonyl (C=O) groups excluding carboxylic acids is 1. The first-order chi connectivity index (χ1) is 8.21. The van der Waals surface area contributed by atoms with Crippen molar-refractivity contribution in [2.45, 2.75) is 59.8 Å². The van der Waals surface area contributed by atoms with Crippen LogP contribution in [0.15, 0.2) is 0 Å². The number of hydrogen-bond acceptors (Lipinski definition) is 2. The SMILES string of the molecule is CC1(C)C(C(=O)OCCCCCC(F)F)C1(C)C. The van der Waals surface area contributed by atoms with Crippen molar-refractivity contribution in [3.63, 3.8) is 0 Å². The molecule has 0 heterocycles. The Labute approximate surface area is 108 Å². The van der Waals surface area contributed by atoms with E-state index < -0.39 is 6.43 Å². The molecule has 0 atom stereocenters. The Morgan fingerprint density at radius 3 is 2.11 bits per heavy atom. The van der Waals surface area contributed by atoms with E-state index in [2.05, 4.69) is 27.7 Å². The van der Waals surface area contributed by atoms with Crippen molar-refractivity contribution in [1.82, 2.24) is 0 Å². The quantitative estimate of drug-likeness (QED) is 0.511. The summed E-state index contributed by atoms with van der Waals surface area (Å²) in [7, 11) is 0. The smallest absolute Gasteiger partial charge is 0.310 e. The lowest BCUT2D eigenvalue weighted by atomic mass is 10.0. The summed E-state index contributed by atoms with van der Waals surface area (Å²) in [5.41, 5.74) is -0.000478. The van der Waals surface area contributed by atoms with Crippen LogP contribution in [0.4, 0.5) is 8.78 Å². The molecule has 0 spiro atoms. The third-order valence-electron chi connectivity index (χ3n) is 4.57. The molecule has 1 fully saturated rings. The molecule has 2 nitrogen and oxygen atoms in total. The van der Waals surface area contributed by atoms with Gasteiger partial charge in [0, 0.05) is 6.42 Å². The molecule has 1 saturated carbocycles. The van der Waals surface area contributed by atoms with Gasteiger partial charge in [-0.25, -0.2) is 8.78 Å². The summed E-state index contributed by atoms with van der Waals surface area (Å²) >= 11 is 0. The highest BCUT2D eigenvalue weighted by molar-refractivity contribution is 5.78. The maximum absolute atomic E-state index is 11.9. The van der Waals surface area contributed by atoms with Gasteiger partial charge >= 0.3 is 5.97 Å². The summed E-state index contributed by atoms with van der Waals surface area (Å²) in [5.74, 6) is -0.176. The zero-order valence-corrected chi connectivity index (χ0v) is 11.8. The second-order valence-electron chi connectivity index (χ2n) is 6.28. The molecule has 0 amide bonds. The number of alkyl halides is 2. The molecule has 0 aliphatic heterocycles. The van der Waals surface area contributed by atoms with Gasteiger partial charge < -0.3 is 4.74 Å². The molecule has 4 heteroatoms. The first-order valence-electron chi connectivity index (χ1n) is 6.66. The van der Waals surface area contributed by atoms with Crippen LogP contribution in [-0.4, -0.2) is 19.0 Å². The molecule has 0 aromatic heterocycles. The highest BCUT2D eigenvalue weighted by Crippen LogP contribution is 2.68. The zero-order chi connectivity index (χ0) is 14.0. The second kappa shape index (κ2) is 5.54. The topological polar surface area (TPSA) is 26.3 Å². The van der Waals surface area contributed by atoms with Crippen LogP contribution < -0.4 is 0 Å². The molecule has 0 saturated heterocycles. The Bertz CT molecular complexity index is 284. The molecule has 0 bridgehead atoms. The van der Waals surface area contributed by atoms with Crippen molar-refractivity contribution in [2.75, 3.05) is 6.61 Å². The lowest BCUT2D eigenvalue weighted by Gasteiger charge is -2.05. The summed E-state index contributed by atoms with van der Waals surface area (Å²) < 4.78 is 29.0. The molecular weight excluding hydrogens is 238 g/mol. The molecule has 0 aromatic carbocycles. The molecule has 0 radical (unpaired) electrons. The monoisotopic (exact) mass is 262 g/mol. The fourth-order valence-electron chi connectivity index (χ4n) is 2.62. The van der Waals surface area contributed by atoms with E-state index in [1.165, 1.54) is 0 Å². The minimum Gasteiger partial charge on any atom is -0.465 e. The molecule has 0 unspecified atom stereocenters. The fourth-order valence-corrected chi connectivity index (χ4v) is 2.62. The first kappa shape index (κ1) is 15.4. The molecule has 0 aromatic rings. The van der Waals surface area contributed by atoms with E-state index in [0.29, 0.717) is 25.9 Å². The van der Waals surface area contributed by atoms with E-state index in [1.54, 1.807) is 0 Å². The number of esters is 1. The van der Waals surface area contributed by atoms with Crippen LogP contribution in [0.5, 0.6) is 0 Å². The summed E-state index contributed by atoms with van der Waals surface area (Å²) in [6.45, 7) is 8.64. The van der Waals surface area contributed by atoms with E-state index in [0.717, 1.165) is 0 Å². The number of rotatable bonds is 7. The predicted octanol–water partition coefficient (Wildman–Crippen LogP) is 4.04. The summed E-state index contributed by atoms with van der Waals surface area (Å²) in [6.07, 6.45) is -0.423. The van der Waals surface area contributed by atoms with Crippen molar-refractivity contribution >= 4 is 5.97 Å². The molecule has 1 aliphatic rings. The first-order valence-corrected chi connectivity index (χ1v) is 6.66. The molecule has 106 valence electrons. The average Bonchev–Trinajstić information content (AvgIpc) is 2.62. The maximum Gasteiger partial charge on any atom is 0.310 e. The number of halogens is 2. The van der Waals surface area contributed by atoms with Gasteiger partial charge in [-0.05, 0) is 30.1 Å². The Hall–Kier alpha value is -0.670. The predicted molar refractivity (Wildman–Crippen MR) is 66.5 cm³/mol. The Kier molecular flexibility index (Phi) is 4.73. The van der Waals surface area contributed by atoms with Crippen LogP contribution >= 0.6 is 0 Å². The number of hydrogen-bond donors (Lipinski definition) is 0. The second-order valence-corrected chi connectivity index (χ2v) is 6.28. The van der Waals surface area contributed by atoms with Crippen LogP contribution in [0, 0.1) is 16.7 Å². The zero-order valence-electron chi connectivity index (χ0n) is 11.8. The van der Waals surface area contributed by atoms with Gasteiger partial charge in [0.1, 0.15) is 0 Å². The maximum atomic E-state index is 11.9. The average molecular weight is 262 g/mol. The van der Waals surface area contributed by atoms with Crippen molar-refractivity contribution < 1.29 is 18.3 Å². The lowest BCUT2D eigenvalue weighted by Crippen LogP contribution is -2.12. The third-order valence-corrected chi connectivity index (χ3v) is 4.57. The van der Waals surface area contributed by atoms with Gasteiger partial charge in [-0.2, -0.15) is 0 Å². The molecule has 1 rings (SSSR count). The van der Waals surface area contributed by atoms with E-state index in [-0.39, 0.29) is 29.1 Å². The summed E-state index contributed by atoms with van der Waals surface area (Å²) in [6, 6.07) is 0. The van der Waals surface area contributed by atoms with Crippen LogP contribution in [0.25, 0.3) is 0 Å². The van der Waals surface area contributed by atoms with Gasteiger partial charge in [-0.15, -0.1) is 0 Å². The van der Waals surface area contributed by atoms with Gasteiger partial charge in [0.2, 0.25) is 6.43 Å². The fraction of sp³-hybridized carbons (Fsp3) is 0.929. The van der Waals surface area contributed by atoms with Crippen LogP contribution in [-0.2, 0) is 9.53 Å².